The molecule has 0 saturated carbocycles. The lowest BCUT2D eigenvalue weighted by Crippen LogP contribution is -2.44. The molecule has 2 heterocycles. The smallest absolute Gasteiger partial charge is 0.335 e. The van der Waals surface area contributed by atoms with Crippen molar-refractivity contribution in [3.63, 3.8) is 0 Å². The van der Waals surface area contributed by atoms with Crippen LogP contribution in [-0.2, 0) is 16.0 Å². The van der Waals surface area contributed by atoms with Gasteiger partial charge in [0.1, 0.15) is 12.4 Å². The molecule has 0 bridgehead atoms. The normalized spacial score (nSPS) is 11.9. The highest BCUT2D eigenvalue weighted by Gasteiger charge is 2.22. The fourth-order valence-electron chi connectivity index (χ4n) is 4.18. The number of aromatic carboxylic acids is 1. The summed E-state index contributed by atoms with van der Waals surface area (Å²) in [4.78, 5) is 40.7. The zero-order chi connectivity index (χ0) is 28.1. The lowest BCUT2D eigenvalue weighted by atomic mass is 10.0. The molecule has 5 aromatic rings. The Labute approximate surface area is 232 Å². The number of tetrazole rings is 1. The molecule has 3 aromatic carbocycles. The van der Waals surface area contributed by atoms with Gasteiger partial charge < -0.3 is 20.7 Å². The topological polar surface area (TPSA) is 155 Å². The van der Waals surface area contributed by atoms with Gasteiger partial charge in [0.05, 0.1) is 11.3 Å². The second-order valence-electron chi connectivity index (χ2n) is 8.79. The summed E-state index contributed by atoms with van der Waals surface area (Å²) in [5.41, 5.74) is 3.44. The third-order valence-electron chi connectivity index (χ3n) is 6.13. The third-order valence-corrected chi connectivity index (χ3v) is 6.37. The van der Waals surface area contributed by atoms with Crippen LogP contribution in [0, 0.1) is 0 Å². The van der Waals surface area contributed by atoms with Crippen LogP contribution >= 0.6 is 11.6 Å². The molecule has 0 radical (unpaired) electrons. The van der Waals surface area contributed by atoms with Crippen LogP contribution < -0.4 is 10.6 Å². The highest BCUT2D eigenvalue weighted by Crippen LogP contribution is 2.22. The average Bonchev–Trinajstić information content (AvgIpc) is 3.63. The number of hydrogen-bond acceptors (Lipinski definition) is 6. The van der Waals surface area contributed by atoms with E-state index in [1.165, 1.54) is 41.4 Å². The van der Waals surface area contributed by atoms with Crippen molar-refractivity contribution in [3.05, 3.63) is 107 Å². The molecule has 0 fully saturated rings. The first kappa shape index (κ1) is 26.3. The first-order chi connectivity index (χ1) is 19.4. The summed E-state index contributed by atoms with van der Waals surface area (Å²) in [7, 11) is 0. The number of rotatable bonds is 9. The molecule has 2 amide bonds. The van der Waals surface area contributed by atoms with Crippen molar-refractivity contribution in [2.45, 2.75) is 12.5 Å². The van der Waals surface area contributed by atoms with Crippen LogP contribution in [0.4, 0.5) is 5.69 Å². The number of carboxylic acid groups (broad SMARTS) is 1. The number of carbonyl (C=O) groups is 3. The quantitative estimate of drug-likeness (QED) is 0.201. The number of fused-ring (bicyclic) bond motifs is 1. The van der Waals surface area contributed by atoms with Crippen LogP contribution in [0.15, 0.2) is 85.3 Å². The van der Waals surface area contributed by atoms with Gasteiger partial charge in [0.25, 0.3) is 0 Å². The highest BCUT2D eigenvalue weighted by atomic mass is 35.5. The van der Waals surface area contributed by atoms with Gasteiger partial charge in [-0.05, 0) is 70.6 Å². The minimum Gasteiger partial charge on any atom is -0.478 e. The van der Waals surface area contributed by atoms with Crippen molar-refractivity contribution in [2.75, 3.05) is 5.32 Å². The first-order valence-corrected chi connectivity index (χ1v) is 12.5. The van der Waals surface area contributed by atoms with E-state index in [1.54, 1.807) is 30.5 Å². The summed E-state index contributed by atoms with van der Waals surface area (Å²) in [6.07, 6.45) is 6.29. The number of H-pyrrole nitrogens is 1. The number of aromatic amines is 1. The van der Waals surface area contributed by atoms with Crippen molar-refractivity contribution < 1.29 is 19.5 Å². The van der Waals surface area contributed by atoms with Gasteiger partial charge in [0, 0.05) is 45.9 Å². The average molecular weight is 556 g/mol. The molecule has 1 unspecified atom stereocenters. The number of amides is 2. The van der Waals surface area contributed by atoms with Crippen molar-refractivity contribution in [3.8, 4) is 5.69 Å². The van der Waals surface area contributed by atoms with Gasteiger partial charge >= 0.3 is 5.97 Å². The van der Waals surface area contributed by atoms with E-state index < -0.39 is 23.8 Å². The molecule has 11 nitrogen and oxygen atoms in total. The van der Waals surface area contributed by atoms with Gasteiger partial charge in [0.15, 0.2) is 0 Å². The molecule has 40 heavy (non-hydrogen) atoms. The molecular weight excluding hydrogens is 534 g/mol. The van der Waals surface area contributed by atoms with Gasteiger partial charge in [0.2, 0.25) is 11.8 Å². The molecule has 5 rings (SSSR count). The molecule has 0 aliphatic carbocycles. The van der Waals surface area contributed by atoms with Gasteiger partial charge in [-0.2, -0.15) is 4.68 Å². The Kier molecular flexibility index (Phi) is 7.65. The number of hydrogen-bond donors (Lipinski definition) is 4. The molecule has 0 spiro atoms. The fraction of sp³-hybridized carbons (Fsp3) is 0.0714. The van der Waals surface area contributed by atoms with Crippen LogP contribution in [0.5, 0.6) is 0 Å². The number of carboxylic acids is 1. The van der Waals surface area contributed by atoms with Crippen LogP contribution in [0.1, 0.15) is 21.5 Å². The Morgan fingerprint density at radius 2 is 1.88 bits per heavy atom. The second kappa shape index (κ2) is 11.6. The fourth-order valence-corrected chi connectivity index (χ4v) is 4.36. The van der Waals surface area contributed by atoms with Gasteiger partial charge in [-0.15, -0.1) is 5.10 Å². The van der Waals surface area contributed by atoms with E-state index in [0.29, 0.717) is 22.0 Å². The Morgan fingerprint density at radius 3 is 2.62 bits per heavy atom. The van der Waals surface area contributed by atoms with Gasteiger partial charge in [-0.3, -0.25) is 9.59 Å². The minimum absolute atomic E-state index is 0.0915. The lowest BCUT2D eigenvalue weighted by molar-refractivity contribution is -0.123. The summed E-state index contributed by atoms with van der Waals surface area (Å²) >= 11 is 6.17. The van der Waals surface area contributed by atoms with E-state index in [2.05, 4.69) is 31.1 Å². The number of nitrogens with zero attached hydrogens (tertiary/aromatic N) is 4. The Balaban J connectivity index is 1.38. The van der Waals surface area contributed by atoms with E-state index >= 15 is 0 Å². The van der Waals surface area contributed by atoms with Crippen LogP contribution in [0.25, 0.3) is 22.7 Å². The van der Waals surface area contributed by atoms with E-state index in [9.17, 15) is 14.4 Å². The zero-order valence-electron chi connectivity index (χ0n) is 20.8. The molecular formula is C28H22ClN7O4. The maximum atomic E-state index is 13.3. The van der Waals surface area contributed by atoms with E-state index in [1.807, 2.05) is 24.3 Å². The molecule has 12 heteroatoms. The molecule has 0 aliphatic heterocycles. The summed E-state index contributed by atoms with van der Waals surface area (Å²) in [6, 6.07) is 17.5. The molecule has 2 aromatic heterocycles. The summed E-state index contributed by atoms with van der Waals surface area (Å²) < 4.78 is 1.44. The van der Waals surface area contributed by atoms with Crippen molar-refractivity contribution in [1.82, 2.24) is 30.5 Å². The lowest BCUT2D eigenvalue weighted by Gasteiger charge is -2.18. The van der Waals surface area contributed by atoms with Crippen molar-refractivity contribution in [1.29, 1.82) is 0 Å². The molecule has 200 valence electrons. The number of benzene rings is 3. The standard InChI is InChI=1S/C28H22ClN7O4/c29-20-8-11-25(36-16-31-34-35-36)18(13-20)7-12-26(37)33-24(14-19-15-30-23-4-2-1-3-22(19)23)27(38)32-21-9-5-17(6-10-21)28(39)40/h1-13,15-16,24,30H,14H2,(H,32,38)(H,33,37)(H,39,40)/b12-7+. The second-order valence-corrected chi connectivity index (χ2v) is 9.22. The summed E-state index contributed by atoms with van der Waals surface area (Å²) in [5.74, 6) is -2.05. The first-order valence-electron chi connectivity index (χ1n) is 12.1. The predicted molar refractivity (Wildman–Crippen MR) is 149 cm³/mol. The van der Waals surface area contributed by atoms with Crippen LogP contribution in [-0.4, -0.2) is 54.1 Å². The number of halogens is 1. The molecule has 0 saturated heterocycles. The predicted octanol–water partition coefficient (Wildman–Crippen LogP) is 3.87. The Hall–Kier alpha value is -5.29. The Morgan fingerprint density at radius 1 is 1.07 bits per heavy atom. The number of para-hydroxylation sites is 1. The summed E-state index contributed by atoms with van der Waals surface area (Å²) in [6.45, 7) is 0. The van der Waals surface area contributed by atoms with Gasteiger partial charge in [-0.25, -0.2) is 4.79 Å². The van der Waals surface area contributed by atoms with Crippen molar-refractivity contribution in [2.24, 2.45) is 0 Å². The van der Waals surface area contributed by atoms with E-state index in [4.69, 9.17) is 16.7 Å². The number of aromatic nitrogens is 5. The molecule has 1 atom stereocenters. The monoisotopic (exact) mass is 555 g/mol. The maximum Gasteiger partial charge on any atom is 0.335 e. The largest absolute Gasteiger partial charge is 0.478 e. The van der Waals surface area contributed by atoms with Gasteiger partial charge in [-0.1, -0.05) is 29.8 Å². The maximum absolute atomic E-state index is 13.3. The van der Waals surface area contributed by atoms with E-state index in [0.717, 1.165) is 16.5 Å². The Bertz CT molecular complexity index is 1710. The number of nitrogens with one attached hydrogen (secondary N) is 3. The third kappa shape index (κ3) is 6.05. The summed E-state index contributed by atoms with van der Waals surface area (Å²) in [5, 5.41) is 27.2. The minimum atomic E-state index is -1.07. The zero-order valence-corrected chi connectivity index (χ0v) is 21.5. The number of anilines is 1. The van der Waals surface area contributed by atoms with Crippen LogP contribution in [0.3, 0.4) is 0 Å². The van der Waals surface area contributed by atoms with Crippen molar-refractivity contribution >= 4 is 52.1 Å². The number of carbonyl (C=O) groups excluding carboxylic acids is 2. The highest BCUT2D eigenvalue weighted by molar-refractivity contribution is 6.30. The van der Waals surface area contributed by atoms with Crippen LogP contribution in [0.2, 0.25) is 5.02 Å². The van der Waals surface area contributed by atoms with E-state index in [-0.39, 0.29) is 12.0 Å². The SMILES string of the molecule is O=C(/C=C/c1cc(Cl)ccc1-n1cnnn1)NC(Cc1c[nH]c2ccccc12)C(=O)Nc1ccc(C(=O)O)cc1. The molecule has 0 aliphatic rings. The molecule has 4 N–H and O–H groups in total.